The zero-order valence-electron chi connectivity index (χ0n) is 19.6. The predicted octanol–water partition coefficient (Wildman–Crippen LogP) is 5.79. The molecule has 3 aromatic rings. The number of esters is 2. The molecule has 0 aliphatic carbocycles. The third-order valence-electron chi connectivity index (χ3n) is 5.16. The summed E-state index contributed by atoms with van der Waals surface area (Å²) in [7, 11) is 1.36. The number of ether oxygens (including phenoxy) is 3. The summed E-state index contributed by atoms with van der Waals surface area (Å²) < 4.78 is 16.5. The lowest BCUT2D eigenvalue weighted by Gasteiger charge is -2.18. The van der Waals surface area contributed by atoms with E-state index in [1.807, 2.05) is 63.2 Å². The van der Waals surface area contributed by atoms with Crippen molar-refractivity contribution in [3.8, 4) is 11.5 Å². The first kappa shape index (κ1) is 24.1. The maximum Gasteiger partial charge on any atom is 0.337 e. The van der Waals surface area contributed by atoms with Crippen molar-refractivity contribution in [2.75, 3.05) is 7.11 Å². The van der Waals surface area contributed by atoms with Crippen LogP contribution in [-0.2, 0) is 29.0 Å². The van der Waals surface area contributed by atoms with Gasteiger partial charge in [-0.3, -0.25) is 4.79 Å². The van der Waals surface area contributed by atoms with Crippen LogP contribution in [0.5, 0.6) is 11.5 Å². The van der Waals surface area contributed by atoms with Gasteiger partial charge in [0.1, 0.15) is 18.1 Å². The van der Waals surface area contributed by atoms with Crippen LogP contribution in [0.3, 0.4) is 0 Å². The zero-order chi connectivity index (χ0) is 23.8. The first-order valence-corrected chi connectivity index (χ1v) is 11.0. The summed E-state index contributed by atoms with van der Waals surface area (Å²) in [6, 6.07) is 22.9. The first-order valence-electron chi connectivity index (χ1n) is 11.0. The van der Waals surface area contributed by atoms with Gasteiger partial charge in [0.25, 0.3) is 0 Å². The number of rotatable bonds is 8. The van der Waals surface area contributed by atoms with E-state index in [0.29, 0.717) is 23.7 Å². The van der Waals surface area contributed by atoms with Crippen molar-refractivity contribution < 1.29 is 23.8 Å². The largest absolute Gasteiger partial charge is 0.488 e. The number of carbonyl (C=O) groups is 2. The fourth-order valence-corrected chi connectivity index (χ4v) is 3.14. The molecule has 0 radical (unpaired) electrons. The zero-order valence-corrected chi connectivity index (χ0v) is 19.6. The number of hydrogen-bond donors (Lipinski definition) is 0. The molecule has 0 atom stereocenters. The molecule has 172 valence electrons. The van der Waals surface area contributed by atoms with Gasteiger partial charge >= 0.3 is 11.9 Å². The Morgan fingerprint density at radius 3 is 2.15 bits per heavy atom. The van der Waals surface area contributed by atoms with E-state index in [9.17, 15) is 9.59 Å². The summed E-state index contributed by atoms with van der Waals surface area (Å²) in [6.07, 6.45) is 1.65. The second kappa shape index (κ2) is 10.8. The molecule has 0 bridgehead atoms. The minimum Gasteiger partial charge on any atom is -0.488 e. The van der Waals surface area contributed by atoms with Gasteiger partial charge in [0, 0.05) is 6.07 Å². The van der Waals surface area contributed by atoms with Crippen LogP contribution in [0.15, 0.2) is 72.8 Å². The van der Waals surface area contributed by atoms with E-state index >= 15 is 0 Å². The van der Waals surface area contributed by atoms with Gasteiger partial charge in [-0.15, -0.1) is 0 Å². The molecule has 5 heteroatoms. The summed E-state index contributed by atoms with van der Waals surface area (Å²) >= 11 is 0. The minimum atomic E-state index is -0.603. The fourth-order valence-electron chi connectivity index (χ4n) is 3.14. The minimum absolute atomic E-state index is 0.302. The maximum atomic E-state index is 12.3. The standard InChI is InChI=1S/C28H30O5/c1-28(2,3)27(30)33-24-17-16-22(13-10-20-8-6-5-7-9-20)25(18-24)32-19-21-11-14-23(15-12-21)26(29)31-4/h5-9,11-12,14-18H,10,13,19H2,1-4H3. The monoisotopic (exact) mass is 446 g/mol. The smallest absolute Gasteiger partial charge is 0.337 e. The SMILES string of the molecule is COC(=O)c1ccc(COc2cc(OC(=O)C(C)(C)C)ccc2CCc2ccccc2)cc1. The summed E-state index contributed by atoms with van der Waals surface area (Å²) in [4.78, 5) is 24.0. The van der Waals surface area contributed by atoms with Gasteiger partial charge < -0.3 is 14.2 Å². The second-order valence-corrected chi connectivity index (χ2v) is 8.87. The third-order valence-corrected chi connectivity index (χ3v) is 5.16. The molecule has 0 aliphatic heterocycles. The summed E-state index contributed by atoms with van der Waals surface area (Å²) in [5.41, 5.74) is 3.06. The quantitative estimate of drug-likeness (QED) is 0.324. The molecule has 0 aromatic heterocycles. The molecule has 33 heavy (non-hydrogen) atoms. The Hall–Kier alpha value is -3.60. The van der Waals surface area contributed by atoms with Crippen LogP contribution < -0.4 is 9.47 Å². The van der Waals surface area contributed by atoms with E-state index < -0.39 is 5.41 Å². The van der Waals surface area contributed by atoms with Crippen molar-refractivity contribution in [1.29, 1.82) is 0 Å². The lowest BCUT2D eigenvalue weighted by Crippen LogP contribution is -2.25. The van der Waals surface area contributed by atoms with Gasteiger partial charge in [-0.05, 0) is 68.5 Å². The van der Waals surface area contributed by atoms with E-state index in [1.54, 1.807) is 18.2 Å². The maximum absolute atomic E-state index is 12.3. The Morgan fingerprint density at radius 2 is 1.52 bits per heavy atom. The molecule has 0 amide bonds. The van der Waals surface area contributed by atoms with Gasteiger partial charge in [-0.25, -0.2) is 4.79 Å². The van der Waals surface area contributed by atoms with Crippen molar-refractivity contribution in [3.05, 3.63) is 95.1 Å². The highest BCUT2D eigenvalue weighted by atomic mass is 16.5. The summed E-state index contributed by atoms with van der Waals surface area (Å²) in [5.74, 6) is 0.444. The van der Waals surface area contributed by atoms with Gasteiger partial charge in [-0.2, -0.15) is 0 Å². The molecule has 0 unspecified atom stereocenters. The van der Waals surface area contributed by atoms with Gasteiger partial charge in [-0.1, -0.05) is 48.5 Å². The molecule has 3 aromatic carbocycles. The lowest BCUT2D eigenvalue weighted by molar-refractivity contribution is -0.143. The molecular weight excluding hydrogens is 416 g/mol. The van der Waals surface area contributed by atoms with Crippen LogP contribution in [0.25, 0.3) is 0 Å². The van der Waals surface area contributed by atoms with Crippen LogP contribution in [0.4, 0.5) is 0 Å². The second-order valence-electron chi connectivity index (χ2n) is 8.87. The van der Waals surface area contributed by atoms with Crippen molar-refractivity contribution in [1.82, 2.24) is 0 Å². The van der Waals surface area contributed by atoms with E-state index in [-0.39, 0.29) is 11.9 Å². The van der Waals surface area contributed by atoms with Crippen LogP contribution in [0.2, 0.25) is 0 Å². The Balaban J connectivity index is 1.77. The molecule has 3 rings (SSSR count). The molecule has 0 heterocycles. The molecule has 0 fully saturated rings. The van der Waals surface area contributed by atoms with Crippen LogP contribution in [0, 0.1) is 5.41 Å². The van der Waals surface area contributed by atoms with Crippen LogP contribution in [-0.4, -0.2) is 19.0 Å². The molecule has 5 nitrogen and oxygen atoms in total. The van der Waals surface area contributed by atoms with Crippen molar-refractivity contribution >= 4 is 11.9 Å². The van der Waals surface area contributed by atoms with Crippen LogP contribution in [0.1, 0.15) is 47.8 Å². The topological polar surface area (TPSA) is 61.8 Å². The van der Waals surface area contributed by atoms with Crippen molar-refractivity contribution in [2.24, 2.45) is 5.41 Å². The Bertz CT molecular complexity index is 1080. The summed E-state index contributed by atoms with van der Waals surface area (Å²) in [5, 5.41) is 0. The lowest BCUT2D eigenvalue weighted by atomic mass is 9.97. The predicted molar refractivity (Wildman–Crippen MR) is 127 cm³/mol. The van der Waals surface area contributed by atoms with Gasteiger partial charge in [0.15, 0.2) is 0 Å². The average molecular weight is 447 g/mol. The molecule has 0 saturated carbocycles. The number of carbonyl (C=O) groups excluding carboxylic acids is 2. The van der Waals surface area contributed by atoms with E-state index in [2.05, 4.69) is 12.1 Å². The van der Waals surface area contributed by atoms with Gasteiger partial charge in [0.05, 0.1) is 18.1 Å². The van der Waals surface area contributed by atoms with Gasteiger partial charge in [0.2, 0.25) is 0 Å². The molecular formula is C28H30O5. The van der Waals surface area contributed by atoms with E-state index in [4.69, 9.17) is 14.2 Å². The average Bonchev–Trinajstić information content (AvgIpc) is 2.82. The number of aryl methyl sites for hydroxylation is 2. The number of methoxy groups -OCH3 is 1. The first-order chi connectivity index (χ1) is 15.8. The number of benzene rings is 3. The molecule has 0 spiro atoms. The molecule has 0 saturated heterocycles. The summed E-state index contributed by atoms with van der Waals surface area (Å²) in [6.45, 7) is 5.77. The van der Waals surface area contributed by atoms with Crippen molar-refractivity contribution in [2.45, 2.75) is 40.2 Å². The van der Waals surface area contributed by atoms with Crippen LogP contribution >= 0.6 is 0 Å². The highest BCUT2D eigenvalue weighted by molar-refractivity contribution is 5.89. The van der Waals surface area contributed by atoms with E-state index in [1.165, 1.54) is 12.7 Å². The molecule has 0 N–H and O–H groups in total. The van der Waals surface area contributed by atoms with Crippen molar-refractivity contribution in [3.63, 3.8) is 0 Å². The highest BCUT2D eigenvalue weighted by Gasteiger charge is 2.24. The van der Waals surface area contributed by atoms with E-state index in [0.717, 1.165) is 24.0 Å². The Kier molecular flexibility index (Phi) is 7.88. The number of hydrogen-bond acceptors (Lipinski definition) is 5. The normalized spacial score (nSPS) is 11.0. The Morgan fingerprint density at radius 1 is 0.818 bits per heavy atom. The Labute approximate surface area is 195 Å². The molecule has 0 aliphatic rings. The highest BCUT2D eigenvalue weighted by Crippen LogP contribution is 2.29. The fraction of sp³-hybridized carbons (Fsp3) is 0.286. The third kappa shape index (κ3) is 6.94.